The van der Waals surface area contributed by atoms with Gasteiger partial charge in [-0.05, 0) is 48.1 Å². The van der Waals surface area contributed by atoms with Crippen LogP contribution >= 0.6 is 11.8 Å². The number of rotatable bonds is 11. The van der Waals surface area contributed by atoms with Crippen LogP contribution in [0.25, 0.3) is 21.7 Å². The molecule has 5 aromatic rings. The molecule has 0 saturated carbocycles. The maximum absolute atomic E-state index is 12.0. The quantitative estimate of drug-likeness (QED) is 0.133. The molecule has 6 heteroatoms. The van der Waals surface area contributed by atoms with Gasteiger partial charge in [0.05, 0.1) is 17.8 Å². The topological polar surface area (TPSA) is 74.3 Å². The van der Waals surface area contributed by atoms with E-state index >= 15 is 0 Å². The van der Waals surface area contributed by atoms with Crippen molar-refractivity contribution < 1.29 is 14.6 Å². The zero-order valence-corrected chi connectivity index (χ0v) is 20.7. The van der Waals surface area contributed by atoms with Crippen LogP contribution in [0.1, 0.15) is 22.5 Å². The number of anilines is 1. The SMILES string of the molecule is O=C(O)c1[nH]c2c(NCCSc3ccccc3)cccc2c1CCCOc1cccc2ccccc12. The first kappa shape index (κ1) is 23.8. The highest BCUT2D eigenvalue weighted by atomic mass is 32.2. The summed E-state index contributed by atoms with van der Waals surface area (Å²) in [6, 6.07) is 30.4. The monoisotopic (exact) mass is 496 g/mol. The fraction of sp³-hybridized carbons (Fsp3) is 0.167. The molecule has 0 radical (unpaired) electrons. The van der Waals surface area contributed by atoms with E-state index in [-0.39, 0.29) is 5.69 Å². The molecule has 0 bridgehead atoms. The number of carboxylic acid groups (broad SMARTS) is 1. The number of ether oxygens (including phenoxy) is 1. The Morgan fingerprint density at radius 1 is 0.889 bits per heavy atom. The number of carboxylic acids is 1. The predicted octanol–water partition coefficient (Wildman–Crippen LogP) is 7.24. The first-order valence-corrected chi connectivity index (χ1v) is 13.1. The minimum atomic E-state index is -0.943. The number of hydrogen-bond donors (Lipinski definition) is 3. The number of aromatic carboxylic acids is 1. The number of aromatic amines is 1. The van der Waals surface area contributed by atoms with E-state index in [0.29, 0.717) is 19.4 Å². The van der Waals surface area contributed by atoms with Gasteiger partial charge < -0.3 is 20.1 Å². The van der Waals surface area contributed by atoms with Crippen molar-refractivity contribution in [3.63, 3.8) is 0 Å². The molecule has 0 unspecified atom stereocenters. The standard InChI is InChI=1S/C30H28N2O3S/c33-30(34)29-25(15-8-19-35-27-17-6-10-21-9-4-5-13-23(21)27)24-14-7-16-26(28(24)32-29)31-18-20-36-22-11-2-1-3-12-22/h1-7,9-14,16-17,31-32H,8,15,18-20H2,(H,33,34). The van der Waals surface area contributed by atoms with Crippen LogP contribution in [0.3, 0.4) is 0 Å². The number of benzene rings is 4. The van der Waals surface area contributed by atoms with E-state index in [1.165, 1.54) is 4.90 Å². The molecule has 0 aliphatic heterocycles. The van der Waals surface area contributed by atoms with Crippen molar-refractivity contribution >= 4 is 45.1 Å². The molecule has 0 amide bonds. The van der Waals surface area contributed by atoms with Crippen molar-refractivity contribution in [3.05, 3.63) is 102 Å². The summed E-state index contributed by atoms with van der Waals surface area (Å²) in [5, 5.41) is 16.5. The average Bonchev–Trinajstić information content (AvgIpc) is 3.29. The lowest BCUT2D eigenvalue weighted by Crippen LogP contribution is -2.04. The Bertz CT molecular complexity index is 1470. The van der Waals surface area contributed by atoms with Gasteiger partial charge in [-0.2, -0.15) is 0 Å². The zero-order valence-electron chi connectivity index (χ0n) is 19.9. The normalized spacial score (nSPS) is 11.1. The van der Waals surface area contributed by atoms with E-state index in [2.05, 4.69) is 40.6 Å². The van der Waals surface area contributed by atoms with E-state index in [4.69, 9.17) is 4.74 Å². The van der Waals surface area contributed by atoms with Gasteiger partial charge in [-0.15, -0.1) is 11.8 Å². The Labute approximate surface area is 214 Å². The zero-order chi connectivity index (χ0) is 24.7. The maximum atomic E-state index is 12.0. The molecule has 0 saturated heterocycles. The summed E-state index contributed by atoms with van der Waals surface area (Å²) in [6.07, 6.45) is 1.32. The number of aromatic nitrogens is 1. The Hall–Kier alpha value is -3.90. The third-order valence-electron chi connectivity index (χ3n) is 6.16. The van der Waals surface area contributed by atoms with Gasteiger partial charge in [-0.25, -0.2) is 4.79 Å². The third kappa shape index (κ3) is 5.34. The molecule has 1 heterocycles. The van der Waals surface area contributed by atoms with Gasteiger partial charge in [0.25, 0.3) is 0 Å². The molecule has 4 aromatic carbocycles. The molecule has 1 aromatic heterocycles. The van der Waals surface area contributed by atoms with Crippen molar-refractivity contribution in [2.75, 3.05) is 24.2 Å². The molecule has 5 nitrogen and oxygen atoms in total. The summed E-state index contributed by atoms with van der Waals surface area (Å²) in [5.74, 6) is 0.817. The van der Waals surface area contributed by atoms with Crippen LogP contribution < -0.4 is 10.1 Å². The number of carbonyl (C=O) groups is 1. The summed E-state index contributed by atoms with van der Waals surface area (Å²) >= 11 is 1.79. The molecule has 0 aliphatic rings. The molecule has 0 atom stereocenters. The largest absolute Gasteiger partial charge is 0.493 e. The number of nitrogens with one attached hydrogen (secondary N) is 2. The highest BCUT2D eigenvalue weighted by Crippen LogP contribution is 2.30. The van der Waals surface area contributed by atoms with Crippen molar-refractivity contribution in [3.8, 4) is 5.75 Å². The van der Waals surface area contributed by atoms with E-state index in [0.717, 1.165) is 51.0 Å². The number of para-hydroxylation sites is 1. The maximum Gasteiger partial charge on any atom is 0.352 e. The van der Waals surface area contributed by atoms with Crippen LogP contribution in [-0.2, 0) is 6.42 Å². The van der Waals surface area contributed by atoms with Crippen molar-refractivity contribution in [2.24, 2.45) is 0 Å². The van der Waals surface area contributed by atoms with Gasteiger partial charge in [-0.3, -0.25) is 0 Å². The average molecular weight is 497 g/mol. The highest BCUT2D eigenvalue weighted by molar-refractivity contribution is 7.99. The molecule has 182 valence electrons. The van der Waals surface area contributed by atoms with Gasteiger partial charge in [0.15, 0.2) is 0 Å². The van der Waals surface area contributed by atoms with Gasteiger partial charge >= 0.3 is 5.97 Å². The Morgan fingerprint density at radius 3 is 2.50 bits per heavy atom. The minimum absolute atomic E-state index is 0.253. The fourth-order valence-electron chi connectivity index (χ4n) is 4.49. The number of hydrogen-bond acceptors (Lipinski definition) is 4. The van der Waals surface area contributed by atoms with Crippen molar-refractivity contribution in [1.82, 2.24) is 4.98 Å². The van der Waals surface area contributed by atoms with Crippen LogP contribution in [0.4, 0.5) is 5.69 Å². The van der Waals surface area contributed by atoms with E-state index in [1.807, 2.05) is 60.7 Å². The Kier molecular flexibility index (Phi) is 7.43. The van der Waals surface area contributed by atoms with Crippen LogP contribution in [0.2, 0.25) is 0 Å². The molecule has 0 aliphatic carbocycles. The predicted molar refractivity (Wildman–Crippen MR) is 149 cm³/mol. The van der Waals surface area contributed by atoms with E-state index in [1.54, 1.807) is 11.8 Å². The fourth-order valence-corrected chi connectivity index (χ4v) is 5.28. The lowest BCUT2D eigenvalue weighted by molar-refractivity contribution is 0.0690. The molecular weight excluding hydrogens is 468 g/mol. The Morgan fingerprint density at radius 2 is 1.64 bits per heavy atom. The van der Waals surface area contributed by atoms with Gasteiger partial charge in [0.1, 0.15) is 11.4 Å². The second-order valence-corrected chi connectivity index (χ2v) is 9.70. The lowest BCUT2D eigenvalue weighted by Gasteiger charge is -2.10. The smallest absolute Gasteiger partial charge is 0.352 e. The van der Waals surface area contributed by atoms with Crippen LogP contribution in [0.5, 0.6) is 5.75 Å². The number of aryl methyl sites for hydroxylation is 1. The summed E-state index contributed by atoms with van der Waals surface area (Å²) in [4.78, 5) is 16.4. The molecule has 0 spiro atoms. The number of fused-ring (bicyclic) bond motifs is 2. The molecule has 5 rings (SSSR count). The van der Waals surface area contributed by atoms with Crippen molar-refractivity contribution in [2.45, 2.75) is 17.7 Å². The summed E-state index contributed by atoms with van der Waals surface area (Å²) in [5.41, 5.74) is 2.83. The Balaban J connectivity index is 1.26. The van der Waals surface area contributed by atoms with Gasteiger partial charge in [0.2, 0.25) is 0 Å². The molecule has 0 fully saturated rings. The molecule has 3 N–H and O–H groups in total. The lowest BCUT2D eigenvalue weighted by atomic mass is 10.0. The summed E-state index contributed by atoms with van der Waals surface area (Å²) in [7, 11) is 0. The number of H-pyrrole nitrogens is 1. The van der Waals surface area contributed by atoms with Gasteiger partial charge in [0, 0.05) is 28.0 Å². The minimum Gasteiger partial charge on any atom is -0.493 e. The third-order valence-corrected chi connectivity index (χ3v) is 7.18. The first-order chi connectivity index (χ1) is 17.7. The summed E-state index contributed by atoms with van der Waals surface area (Å²) in [6.45, 7) is 1.28. The molecular formula is C30H28N2O3S. The highest BCUT2D eigenvalue weighted by Gasteiger charge is 2.18. The number of thioether (sulfide) groups is 1. The second-order valence-electron chi connectivity index (χ2n) is 8.53. The van der Waals surface area contributed by atoms with E-state index < -0.39 is 5.97 Å². The van der Waals surface area contributed by atoms with E-state index in [9.17, 15) is 9.90 Å². The van der Waals surface area contributed by atoms with Crippen LogP contribution in [0.15, 0.2) is 95.9 Å². The van der Waals surface area contributed by atoms with Crippen LogP contribution in [-0.4, -0.2) is 35.0 Å². The van der Waals surface area contributed by atoms with Gasteiger partial charge in [-0.1, -0.05) is 66.7 Å². The van der Waals surface area contributed by atoms with Crippen LogP contribution in [0, 0.1) is 0 Å². The first-order valence-electron chi connectivity index (χ1n) is 12.1. The van der Waals surface area contributed by atoms with Crippen molar-refractivity contribution in [1.29, 1.82) is 0 Å². The second kappa shape index (κ2) is 11.2. The summed E-state index contributed by atoms with van der Waals surface area (Å²) < 4.78 is 6.08. The molecule has 36 heavy (non-hydrogen) atoms.